The van der Waals surface area contributed by atoms with Gasteiger partial charge in [-0.15, -0.1) is 0 Å². The molecule has 0 saturated heterocycles. The first kappa shape index (κ1) is 18.8. The van der Waals surface area contributed by atoms with Gasteiger partial charge in [-0.3, -0.25) is 20.5 Å². The van der Waals surface area contributed by atoms with Crippen molar-refractivity contribution in [1.82, 2.24) is 15.5 Å². The van der Waals surface area contributed by atoms with Gasteiger partial charge in [-0.2, -0.15) is 9.58 Å². The Labute approximate surface area is 145 Å². The standard InChI is InChI=1S/C16H23N5O4/c1-5-6-7-21(9-10(2)3)15(22)14(20(24)25)13(18-16(21)23)12-8-17-19-11(12)4/h8,10H,5-7,9H2,1-4H3,(H-,17,18,19,22,23)/p+1. The molecule has 1 atom stereocenters. The van der Waals surface area contributed by atoms with E-state index in [1.54, 1.807) is 6.92 Å². The van der Waals surface area contributed by atoms with Gasteiger partial charge >= 0.3 is 17.6 Å². The molecule has 0 aromatic carbocycles. The molecule has 1 aliphatic heterocycles. The number of aromatic amines is 1. The van der Waals surface area contributed by atoms with Crippen molar-refractivity contribution in [1.29, 1.82) is 0 Å². The number of quaternary nitrogens is 1. The molecule has 1 unspecified atom stereocenters. The van der Waals surface area contributed by atoms with Crippen LogP contribution >= 0.6 is 0 Å². The van der Waals surface area contributed by atoms with Gasteiger partial charge in [0.05, 0.1) is 24.2 Å². The Morgan fingerprint density at radius 1 is 1.36 bits per heavy atom. The number of unbranched alkanes of at least 4 members (excludes halogenated alkanes) is 1. The van der Waals surface area contributed by atoms with Gasteiger partial charge in [-0.25, -0.2) is 9.59 Å². The van der Waals surface area contributed by atoms with Crippen molar-refractivity contribution >= 4 is 17.6 Å². The highest BCUT2D eigenvalue weighted by Crippen LogP contribution is 2.30. The number of aromatic nitrogens is 2. The van der Waals surface area contributed by atoms with Crippen molar-refractivity contribution in [3.8, 4) is 0 Å². The maximum atomic E-state index is 13.1. The predicted octanol–water partition coefficient (Wildman–Crippen LogP) is 2.19. The molecule has 2 N–H and O–H groups in total. The fourth-order valence-corrected chi connectivity index (χ4v) is 3.15. The molecule has 1 aliphatic rings. The van der Waals surface area contributed by atoms with E-state index in [2.05, 4.69) is 15.5 Å². The van der Waals surface area contributed by atoms with Crippen LogP contribution in [0, 0.1) is 23.0 Å². The molecule has 1 aromatic heterocycles. The highest BCUT2D eigenvalue weighted by atomic mass is 16.6. The smallest absolute Gasteiger partial charge is 0.282 e. The summed E-state index contributed by atoms with van der Waals surface area (Å²) < 4.78 is -0.567. The average molecular weight is 350 g/mol. The van der Waals surface area contributed by atoms with E-state index in [1.165, 1.54) is 6.20 Å². The lowest BCUT2D eigenvalue weighted by molar-refractivity contribution is -0.780. The highest BCUT2D eigenvalue weighted by Gasteiger charge is 2.56. The first-order valence-corrected chi connectivity index (χ1v) is 8.37. The van der Waals surface area contributed by atoms with Crippen LogP contribution in [0.5, 0.6) is 0 Å². The summed E-state index contributed by atoms with van der Waals surface area (Å²) in [5.41, 5.74) is 0.229. The molecule has 0 aliphatic carbocycles. The summed E-state index contributed by atoms with van der Waals surface area (Å²) in [6.07, 6.45) is 2.77. The molecule has 2 heterocycles. The minimum atomic E-state index is -0.758. The van der Waals surface area contributed by atoms with Gasteiger partial charge in [0.15, 0.2) is 0 Å². The average Bonchev–Trinajstić information content (AvgIpc) is 2.94. The summed E-state index contributed by atoms with van der Waals surface area (Å²) >= 11 is 0. The molecule has 2 rings (SSSR count). The molecule has 9 heteroatoms. The summed E-state index contributed by atoms with van der Waals surface area (Å²) in [6, 6.07) is -0.520. The zero-order chi connectivity index (χ0) is 18.8. The SMILES string of the molecule is CCCC[N+]1(CC(C)C)C(=O)NC(c2cn[nH]c2C)=C([N+](=O)[O-])C1=O. The zero-order valence-corrected chi connectivity index (χ0v) is 15.0. The van der Waals surface area contributed by atoms with E-state index in [0.29, 0.717) is 17.7 Å². The first-order valence-electron chi connectivity index (χ1n) is 8.37. The molecule has 0 saturated carbocycles. The van der Waals surface area contributed by atoms with Crippen LogP contribution in [0.2, 0.25) is 0 Å². The number of nitrogens with zero attached hydrogens (tertiary/aromatic N) is 3. The van der Waals surface area contributed by atoms with Crippen molar-refractivity contribution in [3.05, 3.63) is 33.3 Å². The highest BCUT2D eigenvalue weighted by molar-refractivity contribution is 6.05. The van der Waals surface area contributed by atoms with E-state index in [9.17, 15) is 19.7 Å². The molecule has 0 radical (unpaired) electrons. The Hall–Kier alpha value is -2.55. The molecule has 0 spiro atoms. The number of nitro groups is 1. The number of hydrogen-bond donors (Lipinski definition) is 2. The van der Waals surface area contributed by atoms with Crippen molar-refractivity contribution in [2.75, 3.05) is 13.1 Å². The number of nitrogens with one attached hydrogen (secondary N) is 2. The van der Waals surface area contributed by atoms with Gasteiger partial charge in [-0.05, 0) is 13.3 Å². The van der Waals surface area contributed by atoms with E-state index < -0.39 is 27.0 Å². The van der Waals surface area contributed by atoms with Gasteiger partial charge in [-0.1, -0.05) is 27.2 Å². The summed E-state index contributed by atoms with van der Waals surface area (Å²) in [4.78, 5) is 37.0. The van der Waals surface area contributed by atoms with Gasteiger partial charge in [0.25, 0.3) is 0 Å². The summed E-state index contributed by atoms with van der Waals surface area (Å²) in [5.74, 6) is -0.733. The van der Waals surface area contributed by atoms with E-state index in [-0.39, 0.29) is 24.7 Å². The topological polar surface area (TPSA) is 118 Å². The number of urea groups is 1. The molecular weight excluding hydrogens is 326 g/mol. The number of carbonyl (C=O) groups excluding carboxylic acids is 2. The number of rotatable bonds is 7. The third-order valence-corrected chi connectivity index (χ3v) is 4.30. The Morgan fingerprint density at radius 3 is 2.52 bits per heavy atom. The van der Waals surface area contributed by atoms with Gasteiger partial charge < -0.3 is 0 Å². The number of amides is 3. The lowest BCUT2D eigenvalue weighted by atomic mass is 10.0. The second-order valence-electron chi connectivity index (χ2n) is 6.75. The minimum absolute atomic E-state index is 0.0248. The van der Waals surface area contributed by atoms with Crippen LogP contribution in [0.4, 0.5) is 4.79 Å². The molecule has 0 fully saturated rings. The third kappa shape index (κ3) is 3.32. The first-order chi connectivity index (χ1) is 11.7. The number of H-pyrrole nitrogens is 1. The second-order valence-corrected chi connectivity index (χ2v) is 6.75. The van der Waals surface area contributed by atoms with Crippen molar-refractivity contribution in [3.63, 3.8) is 0 Å². The molecule has 9 nitrogen and oxygen atoms in total. The molecule has 0 bridgehead atoms. The summed E-state index contributed by atoms with van der Waals surface area (Å²) in [7, 11) is 0. The number of aryl methyl sites for hydroxylation is 1. The largest absolute Gasteiger partial charge is 0.429 e. The lowest BCUT2D eigenvalue weighted by Gasteiger charge is -2.36. The molecule has 3 amide bonds. The Morgan fingerprint density at radius 2 is 2.04 bits per heavy atom. The maximum Gasteiger partial charge on any atom is 0.429 e. The quantitative estimate of drug-likeness (QED) is 0.444. The van der Waals surface area contributed by atoms with E-state index >= 15 is 0 Å². The monoisotopic (exact) mass is 350 g/mol. The van der Waals surface area contributed by atoms with Crippen LogP contribution < -0.4 is 5.32 Å². The number of hydrogen-bond acceptors (Lipinski definition) is 5. The molecule has 25 heavy (non-hydrogen) atoms. The number of carbonyl (C=O) groups is 2. The lowest BCUT2D eigenvalue weighted by Crippen LogP contribution is -2.66. The van der Waals surface area contributed by atoms with Crippen LogP contribution in [-0.2, 0) is 4.79 Å². The van der Waals surface area contributed by atoms with Crippen LogP contribution in [-0.4, -0.2) is 44.6 Å². The maximum absolute atomic E-state index is 13.1. The fourth-order valence-electron chi connectivity index (χ4n) is 3.15. The second kappa shape index (κ2) is 7.14. The van der Waals surface area contributed by atoms with Crippen molar-refractivity contribution < 1.29 is 19.0 Å². The van der Waals surface area contributed by atoms with Crippen LogP contribution in [0.25, 0.3) is 5.70 Å². The Balaban J connectivity index is 2.64. The van der Waals surface area contributed by atoms with Crippen LogP contribution in [0.1, 0.15) is 44.9 Å². The predicted molar refractivity (Wildman–Crippen MR) is 90.5 cm³/mol. The zero-order valence-electron chi connectivity index (χ0n) is 15.0. The Kier molecular flexibility index (Phi) is 5.36. The summed E-state index contributed by atoms with van der Waals surface area (Å²) in [6.45, 7) is 7.86. The fraction of sp³-hybridized carbons (Fsp3) is 0.562. The van der Waals surface area contributed by atoms with Gasteiger partial charge in [0.1, 0.15) is 5.70 Å². The van der Waals surface area contributed by atoms with Crippen molar-refractivity contribution in [2.45, 2.75) is 40.5 Å². The Bertz CT molecular complexity index is 737. The normalized spacial score (nSPS) is 21.0. The van der Waals surface area contributed by atoms with Gasteiger partial charge in [0, 0.05) is 17.2 Å². The van der Waals surface area contributed by atoms with Gasteiger partial charge in [0.2, 0.25) is 0 Å². The van der Waals surface area contributed by atoms with E-state index in [4.69, 9.17) is 0 Å². The third-order valence-electron chi connectivity index (χ3n) is 4.30. The minimum Gasteiger partial charge on any atom is -0.282 e. The molecular formula is C16H24N5O4+. The van der Waals surface area contributed by atoms with Crippen LogP contribution in [0.3, 0.4) is 0 Å². The number of imide groups is 1. The summed E-state index contributed by atoms with van der Waals surface area (Å²) in [5, 5.41) is 20.8. The van der Waals surface area contributed by atoms with E-state index in [0.717, 1.165) is 6.42 Å². The van der Waals surface area contributed by atoms with E-state index in [1.807, 2.05) is 20.8 Å². The molecule has 136 valence electrons. The van der Waals surface area contributed by atoms with Crippen LogP contribution in [0.15, 0.2) is 11.9 Å². The van der Waals surface area contributed by atoms with Crippen molar-refractivity contribution in [2.24, 2.45) is 5.92 Å². The molecule has 1 aromatic rings.